The Bertz CT molecular complexity index is 1080. The van der Waals surface area contributed by atoms with Crippen LogP contribution in [-0.4, -0.2) is 58.1 Å². The fraction of sp³-hybridized carbons (Fsp3) is 0.391. The van der Waals surface area contributed by atoms with Crippen LogP contribution >= 0.6 is 11.3 Å². The Balaban J connectivity index is 1.63. The van der Waals surface area contributed by atoms with E-state index in [-0.39, 0.29) is 5.82 Å². The number of halogens is 1. The van der Waals surface area contributed by atoms with E-state index in [4.69, 9.17) is 0 Å². The average Bonchev–Trinajstić information content (AvgIpc) is 3.12. The summed E-state index contributed by atoms with van der Waals surface area (Å²) in [6, 6.07) is 6.43. The van der Waals surface area contributed by atoms with E-state index in [0.717, 1.165) is 43.3 Å². The Kier molecular flexibility index (Phi) is 7.06. The Morgan fingerprint density at radius 3 is 2.75 bits per heavy atom. The van der Waals surface area contributed by atoms with Crippen molar-refractivity contribution in [2.45, 2.75) is 26.2 Å². The topological polar surface area (TPSA) is 70.1 Å². The zero-order valence-electron chi connectivity index (χ0n) is 18.6. The van der Waals surface area contributed by atoms with Crippen molar-refractivity contribution in [1.82, 2.24) is 24.8 Å². The molecule has 9 heteroatoms. The average molecular weight is 454 g/mol. The maximum Gasteiger partial charge on any atom is 0.234 e. The Morgan fingerprint density at radius 1 is 1.09 bits per heavy atom. The van der Waals surface area contributed by atoms with Crippen LogP contribution in [-0.2, 0) is 0 Å². The maximum atomic E-state index is 13.5. The van der Waals surface area contributed by atoms with Crippen LogP contribution in [0.25, 0.3) is 12.2 Å². The van der Waals surface area contributed by atoms with Crippen LogP contribution in [0, 0.1) is 5.82 Å². The molecule has 7 nitrogen and oxygen atoms in total. The number of hydrogen-bond donors (Lipinski definition) is 1. The molecule has 0 atom stereocenters. The SMILES string of the molecule is CC(C)c1cnc(Nc2nc(/C=C/c3cccc(F)c3)nc(N3CCCN(C)CC3)n2)s1. The van der Waals surface area contributed by atoms with Crippen molar-refractivity contribution in [3.05, 3.63) is 52.5 Å². The van der Waals surface area contributed by atoms with Gasteiger partial charge in [0.25, 0.3) is 0 Å². The number of anilines is 3. The van der Waals surface area contributed by atoms with E-state index in [1.807, 2.05) is 18.3 Å². The van der Waals surface area contributed by atoms with Gasteiger partial charge < -0.3 is 9.80 Å². The standard InChI is InChI=1S/C23H28FN7S/c1-16(2)19-15-25-23(32-19)29-21-26-20(9-8-17-6-4-7-18(24)14-17)27-22(28-21)31-11-5-10-30(3)12-13-31/h4,6-9,14-16H,5,10-13H2,1-3H3,(H,25,26,27,28,29)/b9-8+. The number of likely N-dealkylation sites (N-methyl/N-ethyl adjacent to an activating group) is 1. The zero-order chi connectivity index (χ0) is 22.5. The van der Waals surface area contributed by atoms with Gasteiger partial charge in [-0.05, 0) is 49.7 Å². The summed E-state index contributed by atoms with van der Waals surface area (Å²) < 4.78 is 13.5. The summed E-state index contributed by atoms with van der Waals surface area (Å²) in [4.78, 5) is 24.1. The van der Waals surface area contributed by atoms with Gasteiger partial charge in [0.05, 0.1) is 0 Å². The first-order valence-electron chi connectivity index (χ1n) is 10.8. The van der Waals surface area contributed by atoms with Crippen LogP contribution < -0.4 is 10.2 Å². The van der Waals surface area contributed by atoms with Crippen molar-refractivity contribution in [3.63, 3.8) is 0 Å². The molecule has 0 unspecified atom stereocenters. The van der Waals surface area contributed by atoms with E-state index in [2.05, 4.69) is 55.9 Å². The van der Waals surface area contributed by atoms with E-state index in [1.54, 1.807) is 23.5 Å². The molecule has 0 spiro atoms. The van der Waals surface area contributed by atoms with Gasteiger partial charge >= 0.3 is 0 Å². The van der Waals surface area contributed by atoms with Gasteiger partial charge in [0.1, 0.15) is 5.82 Å². The number of thiazole rings is 1. The lowest BCUT2D eigenvalue weighted by Crippen LogP contribution is -2.30. The first-order valence-corrected chi connectivity index (χ1v) is 11.6. The van der Waals surface area contributed by atoms with Gasteiger partial charge in [-0.1, -0.05) is 32.1 Å². The monoisotopic (exact) mass is 453 g/mol. The minimum Gasteiger partial charge on any atom is -0.339 e. The lowest BCUT2D eigenvalue weighted by Gasteiger charge is -2.21. The fourth-order valence-corrected chi connectivity index (χ4v) is 4.20. The number of hydrogen-bond acceptors (Lipinski definition) is 8. The predicted octanol–water partition coefficient (Wildman–Crippen LogP) is 4.65. The highest BCUT2D eigenvalue weighted by Gasteiger charge is 2.17. The third-order valence-corrected chi connectivity index (χ3v) is 6.44. The second-order valence-corrected chi connectivity index (χ2v) is 9.26. The minimum absolute atomic E-state index is 0.274. The van der Waals surface area contributed by atoms with Gasteiger partial charge in [0, 0.05) is 30.7 Å². The third kappa shape index (κ3) is 5.86. The van der Waals surface area contributed by atoms with Crippen LogP contribution in [0.15, 0.2) is 30.5 Å². The van der Waals surface area contributed by atoms with Crippen molar-refractivity contribution in [2.75, 3.05) is 43.4 Å². The Morgan fingerprint density at radius 2 is 1.97 bits per heavy atom. The largest absolute Gasteiger partial charge is 0.339 e. The Labute approximate surface area is 192 Å². The lowest BCUT2D eigenvalue weighted by molar-refractivity contribution is 0.360. The zero-order valence-corrected chi connectivity index (χ0v) is 19.4. The molecule has 4 rings (SSSR count). The number of nitrogens with one attached hydrogen (secondary N) is 1. The molecule has 0 amide bonds. The van der Waals surface area contributed by atoms with Crippen LogP contribution in [0.1, 0.15) is 42.5 Å². The van der Waals surface area contributed by atoms with Crippen molar-refractivity contribution in [2.24, 2.45) is 0 Å². The molecule has 1 aliphatic heterocycles. The van der Waals surface area contributed by atoms with Crippen molar-refractivity contribution in [3.8, 4) is 0 Å². The number of nitrogens with zero attached hydrogens (tertiary/aromatic N) is 6. The molecule has 0 aliphatic carbocycles. The molecule has 1 saturated heterocycles. The molecule has 0 radical (unpaired) electrons. The second-order valence-electron chi connectivity index (χ2n) is 8.20. The summed E-state index contributed by atoms with van der Waals surface area (Å²) >= 11 is 1.60. The molecule has 32 heavy (non-hydrogen) atoms. The second kappa shape index (κ2) is 10.1. The molecular weight excluding hydrogens is 425 g/mol. The van der Waals surface area contributed by atoms with Crippen molar-refractivity contribution < 1.29 is 4.39 Å². The van der Waals surface area contributed by atoms with Crippen LogP contribution in [0.2, 0.25) is 0 Å². The van der Waals surface area contributed by atoms with Crippen LogP contribution in [0.4, 0.5) is 21.4 Å². The molecule has 0 bridgehead atoms. The number of benzene rings is 1. The van der Waals surface area contributed by atoms with Gasteiger partial charge in [-0.2, -0.15) is 15.0 Å². The van der Waals surface area contributed by atoms with E-state index in [1.165, 1.54) is 17.0 Å². The quantitative estimate of drug-likeness (QED) is 0.583. The van der Waals surface area contributed by atoms with Crippen molar-refractivity contribution in [1.29, 1.82) is 0 Å². The first-order chi connectivity index (χ1) is 15.5. The minimum atomic E-state index is -0.274. The van der Waals surface area contributed by atoms with Crippen LogP contribution in [0.5, 0.6) is 0 Å². The smallest absolute Gasteiger partial charge is 0.234 e. The molecule has 3 heterocycles. The summed E-state index contributed by atoms with van der Waals surface area (Å²) in [5, 5.41) is 4.00. The number of rotatable bonds is 6. The van der Waals surface area contributed by atoms with Gasteiger partial charge in [0.2, 0.25) is 11.9 Å². The molecule has 1 aliphatic rings. The summed E-state index contributed by atoms with van der Waals surface area (Å²) in [5.74, 6) is 1.74. The maximum absolute atomic E-state index is 13.5. The fourth-order valence-electron chi connectivity index (χ4n) is 3.39. The van der Waals surface area contributed by atoms with E-state index >= 15 is 0 Å². The van der Waals surface area contributed by atoms with E-state index in [0.29, 0.717) is 23.6 Å². The Hall–Kier alpha value is -2.91. The van der Waals surface area contributed by atoms with Gasteiger partial charge in [-0.25, -0.2) is 9.37 Å². The van der Waals surface area contributed by atoms with E-state index < -0.39 is 0 Å². The third-order valence-electron chi connectivity index (χ3n) is 5.23. The molecule has 1 aromatic carbocycles. The highest BCUT2D eigenvalue weighted by atomic mass is 32.1. The van der Waals surface area contributed by atoms with Crippen molar-refractivity contribution >= 4 is 40.5 Å². The summed E-state index contributed by atoms with van der Waals surface area (Å²) in [5.41, 5.74) is 0.749. The molecule has 1 N–H and O–H groups in total. The molecule has 3 aromatic rings. The normalized spacial score (nSPS) is 15.5. The molecular formula is C23H28FN7S. The molecule has 0 saturated carbocycles. The van der Waals surface area contributed by atoms with Crippen LogP contribution in [0.3, 0.4) is 0 Å². The highest BCUT2D eigenvalue weighted by molar-refractivity contribution is 7.15. The summed E-state index contributed by atoms with van der Waals surface area (Å²) in [6.45, 7) is 8.02. The first kappa shape index (κ1) is 22.3. The van der Waals surface area contributed by atoms with Gasteiger partial charge in [-0.3, -0.25) is 5.32 Å². The molecule has 2 aromatic heterocycles. The summed E-state index contributed by atoms with van der Waals surface area (Å²) in [7, 11) is 2.13. The molecule has 1 fully saturated rings. The van der Waals surface area contributed by atoms with Gasteiger partial charge in [0.15, 0.2) is 11.0 Å². The number of aromatic nitrogens is 4. The predicted molar refractivity (Wildman–Crippen MR) is 129 cm³/mol. The lowest BCUT2D eigenvalue weighted by atomic mass is 10.2. The highest BCUT2D eigenvalue weighted by Crippen LogP contribution is 2.27. The summed E-state index contributed by atoms with van der Waals surface area (Å²) in [6.07, 6.45) is 6.53. The van der Waals surface area contributed by atoms with E-state index in [9.17, 15) is 4.39 Å². The molecule has 168 valence electrons. The van der Waals surface area contributed by atoms with Gasteiger partial charge in [-0.15, -0.1) is 11.3 Å².